The Morgan fingerprint density at radius 1 is 0.243 bits per heavy atom. The number of hydrogen-bond acceptors (Lipinski definition) is 0. The summed E-state index contributed by atoms with van der Waals surface area (Å²) in [5.74, 6) is 0. The molecule has 346 valence electrons. The van der Waals surface area contributed by atoms with Crippen LogP contribution < -0.4 is 10.4 Å². The summed E-state index contributed by atoms with van der Waals surface area (Å²) < 4.78 is 2.52. The fraction of sp³-hybridized carbons (Fsp3) is 0.0278. The molecule has 0 fully saturated rings. The molecule has 0 bridgehead atoms. The third kappa shape index (κ3) is 6.62. The van der Waals surface area contributed by atoms with Gasteiger partial charge in [0.25, 0.3) is 0 Å². The fourth-order valence-corrected chi connectivity index (χ4v) is 15.7. The lowest BCUT2D eigenvalue weighted by molar-refractivity contribution is 1.18. The summed E-state index contributed by atoms with van der Waals surface area (Å²) >= 11 is 0. The molecule has 1 nitrogen and oxygen atoms in total. The normalized spacial score (nSPS) is 12.8. The second-order valence-corrected chi connectivity index (χ2v) is 25.1. The van der Waals surface area contributed by atoms with Crippen LogP contribution in [0.15, 0.2) is 261 Å². The molecule has 0 saturated carbocycles. The van der Waals surface area contributed by atoms with Crippen LogP contribution in [0, 0.1) is 0 Å². The molecule has 2 heteroatoms. The Balaban J connectivity index is 0.859. The van der Waals surface area contributed by atoms with Gasteiger partial charge >= 0.3 is 0 Å². The Kier molecular flexibility index (Phi) is 9.48. The average molecular weight is 956 g/mol. The minimum atomic E-state index is -2.06. The summed E-state index contributed by atoms with van der Waals surface area (Å²) in [5.41, 5.74) is 18.7. The molecule has 13 aromatic carbocycles. The van der Waals surface area contributed by atoms with Gasteiger partial charge in [0.05, 0.1) is 11.0 Å². The maximum absolute atomic E-state index is 2.53. The Morgan fingerprint density at radius 3 is 1.15 bits per heavy atom. The van der Waals surface area contributed by atoms with Crippen molar-refractivity contribution in [3.63, 3.8) is 0 Å². The van der Waals surface area contributed by atoms with Crippen LogP contribution in [0.3, 0.4) is 0 Å². The molecule has 0 radical (unpaired) electrons. The van der Waals surface area contributed by atoms with Crippen LogP contribution in [0.1, 0.15) is 0 Å². The molecule has 0 N–H and O–H groups in total. The summed E-state index contributed by atoms with van der Waals surface area (Å²) in [6.07, 6.45) is 0. The van der Waals surface area contributed by atoms with Crippen LogP contribution in [0.5, 0.6) is 0 Å². The van der Waals surface area contributed by atoms with Gasteiger partial charge in [-0.25, -0.2) is 0 Å². The lowest BCUT2D eigenvalue weighted by Gasteiger charge is -2.20. The Bertz CT molecular complexity index is 4380. The van der Waals surface area contributed by atoms with E-state index in [0.29, 0.717) is 0 Å². The molecule has 1 aliphatic rings. The summed E-state index contributed by atoms with van der Waals surface area (Å²) in [7, 11) is -2.06. The molecule has 0 amide bonds. The van der Waals surface area contributed by atoms with Gasteiger partial charge in [-0.3, -0.25) is 0 Å². The number of nitrogens with zero attached hydrogens (tertiary/aromatic N) is 1. The molecule has 0 aliphatic carbocycles. The van der Waals surface area contributed by atoms with Crippen molar-refractivity contribution in [2.45, 2.75) is 13.1 Å². The molecule has 0 atom stereocenters. The van der Waals surface area contributed by atoms with Crippen LogP contribution >= 0.6 is 0 Å². The highest BCUT2D eigenvalue weighted by molar-refractivity contribution is 7.03. The predicted octanol–water partition coefficient (Wildman–Crippen LogP) is 18.5. The zero-order valence-electron chi connectivity index (χ0n) is 41.3. The second-order valence-electron chi connectivity index (χ2n) is 20.8. The highest BCUT2D eigenvalue weighted by atomic mass is 28.3. The summed E-state index contributed by atoms with van der Waals surface area (Å²) in [6, 6.07) is 97.7. The number of fused-ring (bicyclic) bond motifs is 12. The highest BCUT2D eigenvalue weighted by Gasteiger charge is 2.38. The number of rotatable bonds is 6. The van der Waals surface area contributed by atoms with Crippen molar-refractivity contribution in [1.29, 1.82) is 0 Å². The molecule has 2 heterocycles. The van der Waals surface area contributed by atoms with Crippen molar-refractivity contribution in [3.8, 4) is 72.4 Å². The molecule has 0 saturated heterocycles. The van der Waals surface area contributed by atoms with Crippen LogP contribution in [0.4, 0.5) is 0 Å². The molecule has 0 spiro atoms. The first-order valence-electron chi connectivity index (χ1n) is 25.9. The molecule has 15 rings (SSSR count). The number of aromatic nitrogens is 1. The lowest BCUT2D eigenvalue weighted by Crippen LogP contribution is -2.49. The summed E-state index contributed by atoms with van der Waals surface area (Å²) in [5, 5.41) is 15.7. The van der Waals surface area contributed by atoms with Crippen molar-refractivity contribution in [1.82, 2.24) is 4.57 Å². The van der Waals surface area contributed by atoms with E-state index in [0.717, 1.165) is 0 Å². The minimum Gasteiger partial charge on any atom is -0.309 e. The van der Waals surface area contributed by atoms with E-state index < -0.39 is 8.07 Å². The Hall–Kier alpha value is -9.08. The predicted molar refractivity (Wildman–Crippen MR) is 320 cm³/mol. The van der Waals surface area contributed by atoms with E-state index in [9.17, 15) is 0 Å². The van der Waals surface area contributed by atoms with Crippen molar-refractivity contribution < 1.29 is 0 Å². The van der Waals surface area contributed by atoms with Gasteiger partial charge in [0.1, 0.15) is 8.07 Å². The zero-order chi connectivity index (χ0) is 49.1. The van der Waals surface area contributed by atoms with E-state index >= 15 is 0 Å². The van der Waals surface area contributed by atoms with E-state index in [-0.39, 0.29) is 0 Å². The van der Waals surface area contributed by atoms with Crippen molar-refractivity contribution >= 4 is 83.3 Å². The van der Waals surface area contributed by atoms with E-state index in [1.54, 1.807) is 0 Å². The lowest BCUT2D eigenvalue weighted by atomic mass is 9.92. The van der Waals surface area contributed by atoms with Crippen LogP contribution in [-0.4, -0.2) is 12.6 Å². The van der Waals surface area contributed by atoms with Crippen LogP contribution in [-0.2, 0) is 0 Å². The van der Waals surface area contributed by atoms with Gasteiger partial charge in [-0.05, 0) is 169 Å². The molecular weight excluding hydrogens is 907 g/mol. The van der Waals surface area contributed by atoms with Crippen molar-refractivity contribution in [2.24, 2.45) is 0 Å². The first kappa shape index (κ1) is 42.6. The molecular formula is C72H49NSi. The largest absolute Gasteiger partial charge is 0.309 e. The Labute approximate surface area is 431 Å². The topological polar surface area (TPSA) is 4.93 Å². The zero-order valence-corrected chi connectivity index (χ0v) is 42.3. The fourth-order valence-electron chi connectivity index (χ4n) is 12.6. The van der Waals surface area contributed by atoms with Crippen molar-refractivity contribution in [2.75, 3.05) is 0 Å². The second kappa shape index (κ2) is 16.5. The van der Waals surface area contributed by atoms with Crippen LogP contribution in [0.25, 0.3) is 137 Å². The van der Waals surface area contributed by atoms with Gasteiger partial charge in [-0.2, -0.15) is 0 Å². The quantitative estimate of drug-likeness (QED) is 0.116. The van der Waals surface area contributed by atoms with Crippen LogP contribution in [0.2, 0.25) is 13.1 Å². The van der Waals surface area contributed by atoms with Crippen molar-refractivity contribution in [3.05, 3.63) is 261 Å². The van der Waals surface area contributed by atoms with Gasteiger partial charge in [0.15, 0.2) is 0 Å². The third-order valence-corrected chi connectivity index (χ3v) is 19.9. The van der Waals surface area contributed by atoms with Gasteiger partial charge in [-0.1, -0.05) is 225 Å². The molecule has 74 heavy (non-hydrogen) atoms. The van der Waals surface area contributed by atoms with Gasteiger partial charge in [-0.15, -0.1) is 0 Å². The van der Waals surface area contributed by atoms with Gasteiger partial charge in [0.2, 0.25) is 0 Å². The highest BCUT2D eigenvalue weighted by Crippen LogP contribution is 2.42. The summed E-state index contributed by atoms with van der Waals surface area (Å²) in [6.45, 7) is 5.06. The maximum atomic E-state index is 2.53. The molecule has 1 aromatic heterocycles. The maximum Gasteiger partial charge on any atom is 0.113 e. The Morgan fingerprint density at radius 2 is 0.622 bits per heavy atom. The summed E-state index contributed by atoms with van der Waals surface area (Å²) in [4.78, 5) is 0. The van der Waals surface area contributed by atoms with E-state index in [2.05, 4.69) is 279 Å². The first-order valence-corrected chi connectivity index (χ1v) is 28.9. The third-order valence-electron chi connectivity index (χ3n) is 16.4. The average Bonchev–Trinajstić information content (AvgIpc) is 3.91. The van der Waals surface area contributed by atoms with Gasteiger partial charge < -0.3 is 4.57 Å². The number of hydrogen-bond donors (Lipinski definition) is 0. The molecule has 0 unspecified atom stereocenters. The minimum absolute atomic E-state index is 1.20. The monoisotopic (exact) mass is 955 g/mol. The standard InChI is InChI=1S/C72H49NSi/c1-74(2)71-44-53(46-14-4-3-5-15-46)32-36-63(71)64-37-35-56(45-72(64)74)73-69-38-33-51(47-24-28-49(29-25-47)65-42-54-16-6-8-18-57(54)59-20-10-12-22-61(59)65)40-67(69)68-41-52(34-39-70(68)73)48-26-30-50(31-27-48)66-43-55-17-7-9-19-58(55)60-21-11-13-23-62(60)66/h3-45H,1-2H3. The van der Waals surface area contributed by atoms with E-state index in [4.69, 9.17) is 0 Å². The van der Waals surface area contributed by atoms with E-state index in [1.165, 1.54) is 148 Å². The smallest absolute Gasteiger partial charge is 0.113 e. The molecule has 1 aliphatic heterocycles. The number of benzene rings is 13. The molecule has 14 aromatic rings. The van der Waals surface area contributed by atoms with E-state index in [1.807, 2.05) is 0 Å². The van der Waals surface area contributed by atoms with Gasteiger partial charge in [0, 0.05) is 16.5 Å². The first-order chi connectivity index (χ1) is 36.4. The SMILES string of the molecule is C[Si]1(C)c2cc(-c3ccccc3)ccc2-c2ccc(-n3c4ccc(-c5ccc(-c6cc7ccccc7c7ccccc67)cc5)cc4c4cc(-c5ccc(-c6cc7ccccc7c7ccccc67)cc5)ccc43)cc21.